The van der Waals surface area contributed by atoms with Crippen molar-refractivity contribution >= 4 is 23.2 Å². The Morgan fingerprint density at radius 1 is 0.905 bits per heavy atom. The topological polar surface area (TPSA) is 30.7 Å². The monoisotopic (exact) mass is 317 g/mol. The van der Waals surface area contributed by atoms with E-state index in [1.54, 1.807) is 4.68 Å². The molecule has 0 radical (unpaired) electrons. The SMILES string of the molecule is Cc1c(Cl)cccc1-c1nc(-c2ccccc2Cl)nn1C. The van der Waals surface area contributed by atoms with E-state index in [-0.39, 0.29) is 0 Å². The number of hydrogen-bond acceptors (Lipinski definition) is 2. The Balaban J connectivity index is 2.15. The van der Waals surface area contributed by atoms with Crippen molar-refractivity contribution in [2.75, 3.05) is 0 Å². The molecule has 5 heteroatoms. The van der Waals surface area contributed by atoms with E-state index in [4.69, 9.17) is 23.2 Å². The number of rotatable bonds is 2. The lowest BCUT2D eigenvalue weighted by atomic mass is 10.1. The summed E-state index contributed by atoms with van der Waals surface area (Å²) in [6.07, 6.45) is 0. The highest BCUT2D eigenvalue weighted by atomic mass is 35.5. The average molecular weight is 318 g/mol. The van der Waals surface area contributed by atoms with Gasteiger partial charge in [0.1, 0.15) is 0 Å². The Labute approximate surface area is 133 Å². The van der Waals surface area contributed by atoms with Gasteiger partial charge in [-0.05, 0) is 30.7 Å². The van der Waals surface area contributed by atoms with Gasteiger partial charge in [0.25, 0.3) is 0 Å². The first-order valence-electron chi connectivity index (χ1n) is 6.49. The fourth-order valence-electron chi connectivity index (χ4n) is 2.23. The number of aryl methyl sites for hydroxylation is 1. The molecule has 3 rings (SSSR count). The fraction of sp³-hybridized carbons (Fsp3) is 0.125. The van der Waals surface area contributed by atoms with Crippen LogP contribution in [0.5, 0.6) is 0 Å². The number of nitrogens with zero attached hydrogens (tertiary/aromatic N) is 3. The predicted octanol–water partition coefficient (Wildman–Crippen LogP) is 4.76. The van der Waals surface area contributed by atoms with E-state index in [9.17, 15) is 0 Å². The highest BCUT2D eigenvalue weighted by Crippen LogP contribution is 2.30. The van der Waals surface area contributed by atoms with E-state index in [2.05, 4.69) is 10.1 Å². The van der Waals surface area contributed by atoms with Gasteiger partial charge in [0.05, 0.1) is 5.02 Å². The maximum Gasteiger partial charge on any atom is 0.183 e. The zero-order valence-electron chi connectivity index (χ0n) is 11.6. The van der Waals surface area contributed by atoms with Crippen LogP contribution in [0.2, 0.25) is 10.0 Å². The average Bonchev–Trinajstić information content (AvgIpc) is 2.84. The van der Waals surface area contributed by atoms with Crippen molar-refractivity contribution < 1.29 is 0 Å². The molecule has 0 saturated carbocycles. The van der Waals surface area contributed by atoms with Crippen LogP contribution in [0, 0.1) is 6.92 Å². The summed E-state index contributed by atoms with van der Waals surface area (Å²) >= 11 is 12.4. The van der Waals surface area contributed by atoms with E-state index in [1.165, 1.54) is 0 Å². The van der Waals surface area contributed by atoms with E-state index >= 15 is 0 Å². The van der Waals surface area contributed by atoms with Gasteiger partial charge in [-0.25, -0.2) is 9.67 Å². The van der Waals surface area contributed by atoms with Gasteiger partial charge in [-0.3, -0.25) is 0 Å². The largest absolute Gasteiger partial charge is 0.248 e. The smallest absolute Gasteiger partial charge is 0.183 e. The van der Waals surface area contributed by atoms with Crippen molar-refractivity contribution in [2.45, 2.75) is 6.92 Å². The summed E-state index contributed by atoms with van der Waals surface area (Å²) in [7, 11) is 1.86. The van der Waals surface area contributed by atoms with E-state index in [1.807, 2.05) is 56.4 Å². The number of aromatic nitrogens is 3. The third-order valence-electron chi connectivity index (χ3n) is 3.39. The number of benzene rings is 2. The van der Waals surface area contributed by atoms with E-state index < -0.39 is 0 Å². The summed E-state index contributed by atoms with van der Waals surface area (Å²) in [5, 5.41) is 5.82. The molecular weight excluding hydrogens is 305 g/mol. The molecule has 0 aliphatic rings. The summed E-state index contributed by atoms with van der Waals surface area (Å²) in [5.41, 5.74) is 2.77. The lowest BCUT2D eigenvalue weighted by Crippen LogP contribution is -1.96. The molecule has 0 aliphatic heterocycles. The second-order valence-corrected chi connectivity index (χ2v) is 5.59. The molecule has 0 unspecified atom stereocenters. The second-order valence-electron chi connectivity index (χ2n) is 4.77. The third-order valence-corrected chi connectivity index (χ3v) is 4.13. The molecule has 0 aliphatic carbocycles. The minimum Gasteiger partial charge on any atom is -0.248 e. The first-order valence-corrected chi connectivity index (χ1v) is 7.25. The molecule has 1 heterocycles. The third kappa shape index (κ3) is 2.55. The molecule has 2 aromatic carbocycles. The van der Waals surface area contributed by atoms with Gasteiger partial charge in [-0.1, -0.05) is 47.5 Å². The normalized spacial score (nSPS) is 10.9. The Kier molecular flexibility index (Phi) is 3.70. The Morgan fingerprint density at radius 2 is 1.57 bits per heavy atom. The van der Waals surface area contributed by atoms with Crippen LogP contribution in [0.25, 0.3) is 22.8 Å². The van der Waals surface area contributed by atoms with Crippen molar-refractivity contribution in [1.29, 1.82) is 0 Å². The van der Waals surface area contributed by atoms with Crippen LogP contribution in [0.1, 0.15) is 5.56 Å². The van der Waals surface area contributed by atoms with Crippen LogP contribution < -0.4 is 0 Å². The molecule has 1 aromatic heterocycles. The van der Waals surface area contributed by atoms with Gasteiger partial charge in [-0.15, -0.1) is 0 Å². The molecular formula is C16H13Cl2N3. The molecule has 0 fully saturated rings. The van der Waals surface area contributed by atoms with Crippen LogP contribution in [0.4, 0.5) is 0 Å². The maximum absolute atomic E-state index is 6.21. The highest BCUT2D eigenvalue weighted by Gasteiger charge is 2.15. The van der Waals surface area contributed by atoms with Gasteiger partial charge >= 0.3 is 0 Å². The highest BCUT2D eigenvalue weighted by molar-refractivity contribution is 6.33. The summed E-state index contributed by atoms with van der Waals surface area (Å²) in [6, 6.07) is 13.3. The fourth-order valence-corrected chi connectivity index (χ4v) is 2.62. The lowest BCUT2D eigenvalue weighted by Gasteiger charge is -2.05. The second kappa shape index (κ2) is 5.51. The number of halogens is 2. The van der Waals surface area contributed by atoms with Crippen LogP contribution in [0.15, 0.2) is 42.5 Å². The minimum atomic E-state index is 0.609. The lowest BCUT2D eigenvalue weighted by molar-refractivity contribution is 0.777. The summed E-state index contributed by atoms with van der Waals surface area (Å²) in [5.74, 6) is 1.38. The summed E-state index contributed by atoms with van der Waals surface area (Å²) in [6.45, 7) is 1.97. The van der Waals surface area contributed by atoms with Crippen molar-refractivity contribution in [3.63, 3.8) is 0 Å². The standard InChI is InChI=1S/C16H13Cl2N3/c1-10-11(7-5-9-13(10)17)16-19-15(20-21(16)2)12-6-3-4-8-14(12)18/h3-9H,1-2H3. The van der Waals surface area contributed by atoms with Crippen molar-refractivity contribution in [1.82, 2.24) is 14.8 Å². The van der Waals surface area contributed by atoms with Gasteiger partial charge in [0.2, 0.25) is 0 Å². The van der Waals surface area contributed by atoms with E-state index in [0.717, 1.165) is 27.5 Å². The quantitative estimate of drug-likeness (QED) is 0.682. The Morgan fingerprint density at radius 3 is 2.33 bits per heavy atom. The van der Waals surface area contributed by atoms with Crippen LogP contribution in [-0.2, 0) is 7.05 Å². The first kappa shape index (κ1) is 14.1. The minimum absolute atomic E-state index is 0.609. The van der Waals surface area contributed by atoms with Crippen LogP contribution in [-0.4, -0.2) is 14.8 Å². The van der Waals surface area contributed by atoms with Crippen molar-refractivity contribution in [3.05, 3.63) is 58.1 Å². The molecule has 0 amide bonds. The van der Waals surface area contributed by atoms with Gasteiger partial charge in [0.15, 0.2) is 11.6 Å². The number of hydrogen-bond donors (Lipinski definition) is 0. The molecule has 0 spiro atoms. The molecule has 0 bridgehead atoms. The molecule has 106 valence electrons. The molecule has 3 aromatic rings. The summed E-state index contributed by atoms with van der Waals surface area (Å²) < 4.78 is 1.75. The van der Waals surface area contributed by atoms with Gasteiger partial charge in [-0.2, -0.15) is 5.10 Å². The van der Waals surface area contributed by atoms with Crippen molar-refractivity contribution in [3.8, 4) is 22.8 Å². The Hall–Kier alpha value is -1.84. The van der Waals surface area contributed by atoms with Crippen LogP contribution >= 0.6 is 23.2 Å². The first-order chi connectivity index (χ1) is 10.1. The molecule has 21 heavy (non-hydrogen) atoms. The van der Waals surface area contributed by atoms with E-state index in [0.29, 0.717) is 10.8 Å². The maximum atomic E-state index is 6.21. The molecule has 0 atom stereocenters. The molecule has 3 nitrogen and oxygen atoms in total. The van der Waals surface area contributed by atoms with Crippen molar-refractivity contribution in [2.24, 2.45) is 7.05 Å². The Bertz CT molecular complexity index is 809. The van der Waals surface area contributed by atoms with Crippen LogP contribution in [0.3, 0.4) is 0 Å². The predicted molar refractivity (Wildman–Crippen MR) is 86.6 cm³/mol. The molecule has 0 saturated heterocycles. The van der Waals surface area contributed by atoms with Gasteiger partial charge < -0.3 is 0 Å². The molecule has 0 N–H and O–H groups in total. The summed E-state index contributed by atoms with van der Waals surface area (Å²) in [4.78, 5) is 4.62. The van der Waals surface area contributed by atoms with Gasteiger partial charge in [0, 0.05) is 23.2 Å². The zero-order chi connectivity index (χ0) is 15.0. The zero-order valence-corrected chi connectivity index (χ0v) is 13.2.